The molecule has 0 spiro atoms. The highest BCUT2D eigenvalue weighted by molar-refractivity contribution is 5.93. The summed E-state index contributed by atoms with van der Waals surface area (Å²) >= 11 is 0. The van der Waals surface area contributed by atoms with Crippen molar-refractivity contribution >= 4 is 5.91 Å². The van der Waals surface area contributed by atoms with Crippen LogP contribution < -0.4 is 5.32 Å². The van der Waals surface area contributed by atoms with Gasteiger partial charge in [-0.2, -0.15) is 18.3 Å². The second-order valence-electron chi connectivity index (χ2n) is 6.22. The van der Waals surface area contributed by atoms with Crippen LogP contribution >= 0.6 is 0 Å². The fraction of sp³-hybridized carbons (Fsp3) is 0.412. The summed E-state index contributed by atoms with van der Waals surface area (Å²) in [6.07, 6.45) is 1.02. The van der Waals surface area contributed by atoms with E-state index in [-0.39, 0.29) is 11.0 Å². The van der Waals surface area contributed by atoms with Gasteiger partial charge in [-0.1, -0.05) is 36.8 Å². The van der Waals surface area contributed by atoms with E-state index < -0.39 is 18.6 Å². The summed E-state index contributed by atoms with van der Waals surface area (Å²) in [5.74, 6) is -0.398. The molecule has 2 aromatic rings. The Morgan fingerprint density at radius 2 is 1.96 bits per heavy atom. The zero-order valence-corrected chi connectivity index (χ0v) is 13.0. The molecule has 1 saturated carbocycles. The molecule has 0 bridgehead atoms. The molecule has 1 heterocycles. The minimum atomic E-state index is -4.36. The van der Waals surface area contributed by atoms with E-state index in [1.807, 2.05) is 30.3 Å². The van der Waals surface area contributed by atoms with E-state index in [9.17, 15) is 18.0 Å². The molecule has 7 heteroatoms. The third-order valence-electron chi connectivity index (χ3n) is 4.52. The molecule has 3 rings (SSSR count). The van der Waals surface area contributed by atoms with Gasteiger partial charge in [0.1, 0.15) is 6.54 Å². The molecule has 1 fully saturated rings. The van der Waals surface area contributed by atoms with Crippen molar-refractivity contribution < 1.29 is 18.0 Å². The number of halogens is 3. The van der Waals surface area contributed by atoms with Gasteiger partial charge in [0.2, 0.25) is 0 Å². The molecule has 0 saturated heterocycles. The Hall–Kier alpha value is -2.31. The van der Waals surface area contributed by atoms with Gasteiger partial charge in [0.05, 0.1) is 11.8 Å². The Balaban J connectivity index is 1.63. The van der Waals surface area contributed by atoms with Crippen molar-refractivity contribution in [3.8, 4) is 0 Å². The maximum absolute atomic E-state index is 12.3. The van der Waals surface area contributed by atoms with E-state index in [1.165, 1.54) is 5.56 Å². The highest BCUT2D eigenvalue weighted by Crippen LogP contribution is 2.43. The molecule has 1 aromatic heterocycles. The van der Waals surface area contributed by atoms with Crippen LogP contribution in [0.4, 0.5) is 13.2 Å². The zero-order chi connectivity index (χ0) is 17.2. The standard InChI is InChI=1S/C17H18F3N3O/c18-17(19,20)12-23-10-13(9-22-23)15(24)21-11-16(7-4-8-16)14-5-2-1-3-6-14/h1-3,5-6,9-10H,4,7-8,11-12H2,(H,21,24). The number of carbonyl (C=O) groups is 1. The van der Waals surface area contributed by atoms with Gasteiger partial charge in [0.15, 0.2) is 0 Å². The summed E-state index contributed by atoms with van der Waals surface area (Å²) in [6.45, 7) is -0.728. The third kappa shape index (κ3) is 3.60. The van der Waals surface area contributed by atoms with Gasteiger partial charge in [-0.3, -0.25) is 9.48 Å². The first kappa shape index (κ1) is 16.5. The number of nitrogens with zero attached hydrogens (tertiary/aromatic N) is 2. The lowest BCUT2D eigenvalue weighted by molar-refractivity contribution is -0.142. The van der Waals surface area contributed by atoms with Gasteiger partial charge in [0.25, 0.3) is 5.91 Å². The molecule has 1 aliphatic carbocycles. The number of benzene rings is 1. The minimum Gasteiger partial charge on any atom is -0.351 e. The average molecular weight is 337 g/mol. The van der Waals surface area contributed by atoms with Crippen molar-refractivity contribution in [2.45, 2.75) is 37.4 Å². The monoisotopic (exact) mass is 337 g/mol. The average Bonchev–Trinajstić information content (AvgIpc) is 2.93. The molecular formula is C17H18F3N3O. The Labute approximate surface area is 137 Å². The number of rotatable bonds is 5. The molecule has 4 nitrogen and oxygen atoms in total. The van der Waals surface area contributed by atoms with Crippen LogP contribution in [0.2, 0.25) is 0 Å². The number of carbonyl (C=O) groups excluding carboxylic acids is 1. The van der Waals surface area contributed by atoms with Gasteiger partial charge >= 0.3 is 6.18 Å². The number of nitrogens with one attached hydrogen (secondary N) is 1. The predicted octanol–water partition coefficient (Wildman–Crippen LogP) is 3.30. The van der Waals surface area contributed by atoms with Crippen molar-refractivity contribution in [3.05, 3.63) is 53.9 Å². The minimum absolute atomic E-state index is 0.0706. The first-order valence-electron chi connectivity index (χ1n) is 7.81. The van der Waals surface area contributed by atoms with Gasteiger partial charge in [-0.05, 0) is 18.4 Å². The Morgan fingerprint density at radius 3 is 2.54 bits per heavy atom. The lowest BCUT2D eigenvalue weighted by Gasteiger charge is -2.42. The fourth-order valence-electron chi connectivity index (χ4n) is 3.07. The summed E-state index contributed by atoms with van der Waals surface area (Å²) in [5, 5.41) is 6.44. The van der Waals surface area contributed by atoms with Gasteiger partial charge in [-0.15, -0.1) is 0 Å². The third-order valence-corrected chi connectivity index (χ3v) is 4.52. The van der Waals surface area contributed by atoms with Crippen molar-refractivity contribution in [1.29, 1.82) is 0 Å². The van der Waals surface area contributed by atoms with Crippen molar-refractivity contribution in [2.75, 3.05) is 6.54 Å². The molecule has 1 amide bonds. The lowest BCUT2D eigenvalue weighted by atomic mass is 9.64. The Kier molecular flexibility index (Phi) is 4.34. The number of alkyl halides is 3. The SMILES string of the molecule is O=C(NCC1(c2ccccc2)CCC1)c1cnn(CC(F)(F)F)c1. The normalized spacial score (nSPS) is 16.5. The van der Waals surface area contributed by atoms with E-state index >= 15 is 0 Å². The summed E-state index contributed by atoms with van der Waals surface area (Å²) in [6, 6.07) is 9.99. The predicted molar refractivity (Wildman–Crippen MR) is 82.6 cm³/mol. The van der Waals surface area contributed by atoms with Crippen LogP contribution in [0.25, 0.3) is 0 Å². The number of hydrogen-bond donors (Lipinski definition) is 1. The molecular weight excluding hydrogens is 319 g/mol. The van der Waals surface area contributed by atoms with Crippen LogP contribution in [0.5, 0.6) is 0 Å². The maximum Gasteiger partial charge on any atom is 0.408 e. The van der Waals surface area contributed by atoms with E-state index in [1.54, 1.807) is 0 Å². The number of aromatic nitrogens is 2. The first-order valence-corrected chi connectivity index (χ1v) is 7.81. The van der Waals surface area contributed by atoms with Crippen molar-refractivity contribution in [1.82, 2.24) is 15.1 Å². The van der Waals surface area contributed by atoms with Crippen LogP contribution in [0.3, 0.4) is 0 Å². The van der Waals surface area contributed by atoms with Crippen molar-refractivity contribution in [2.24, 2.45) is 0 Å². The Morgan fingerprint density at radius 1 is 1.25 bits per heavy atom. The van der Waals surface area contributed by atoms with E-state index in [0.29, 0.717) is 6.54 Å². The van der Waals surface area contributed by atoms with Crippen LogP contribution in [-0.4, -0.2) is 28.4 Å². The van der Waals surface area contributed by atoms with E-state index in [2.05, 4.69) is 10.4 Å². The largest absolute Gasteiger partial charge is 0.408 e. The first-order chi connectivity index (χ1) is 11.4. The molecule has 24 heavy (non-hydrogen) atoms. The highest BCUT2D eigenvalue weighted by atomic mass is 19.4. The van der Waals surface area contributed by atoms with Crippen LogP contribution in [-0.2, 0) is 12.0 Å². The molecule has 0 unspecified atom stereocenters. The second kappa shape index (κ2) is 6.30. The molecule has 1 N–H and O–H groups in total. The van der Waals surface area contributed by atoms with E-state index in [4.69, 9.17) is 0 Å². The van der Waals surface area contributed by atoms with E-state index in [0.717, 1.165) is 36.3 Å². The van der Waals surface area contributed by atoms with Gasteiger partial charge < -0.3 is 5.32 Å². The molecule has 0 radical (unpaired) electrons. The fourth-order valence-corrected chi connectivity index (χ4v) is 3.07. The number of hydrogen-bond acceptors (Lipinski definition) is 2. The number of amides is 1. The van der Waals surface area contributed by atoms with Gasteiger partial charge in [0, 0.05) is 18.2 Å². The highest BCUT2D eigenvalue weighted by Gasteiger charge is 2.38. The topological polar surface area (TPSA) is 46.9 Å². The van der Waals surface area contributed by atoms with Crippen LogP contribution in [0, 0.1) is 0 Å². The summed E-state index contributed by atoms with van der Waals surface area (Å²) in [5.41, 5.74) is 1.25. The van der Waals surface area contributed by atoms with Crippen molar-refractivity contribution in [3.63, 3.8) is 0 Å². The summed E-state index contributed by atoms with van der Waals surface area (Å²) < 4.78 is 37.7. The zero-order valence-electron chi connectivity index (χ0n) is 13.0. The quantitative estimate of drug-likeness (QED) is 0.910. The maximum atomic E-state index is 12.3. The smallest absolute Gasteiger partial charge is 0.351 e. The van der Waals surface area contributed by atoms with Crippen LogP contribution in [0.1, 0.15) is 35.2 Å². The second-order valence-corrected chi connectivity index (χ2v) is 6.22. The van der Waals surface area contributed by atoms with Gasteiger partial charge in [-0.25, -0.2) is 0 Å². The lowest BCUT2D eigenvalue weighted by Crippen LogP contribution is -2.45. The summed E-state index contributed by atoms with van der Waals surface area (Å²) in [7, 11) is 0. The molecule has 128 valence electrons. The molecule has 1 aliphatic rings. The molecule has 0 aliphatic heterocycles. The molecule has 1 aromatic carbocycles. The van der Waals surface area contributed by atoms with Crippen LogP contribution in [0.15, 0.2) is 42.7 Å². The summed E-state index contributed by atoms with van der Waals surface area (Å²) in [4.78, 5) is 12.2. The Bertz CT molecular complexity index is 705. The molecule has 0 atom stereocenters.